The summed E-state index contributed by atoms with van der Waals surface area (Å²) < 4.78 is 90.2. The van der Waals surface area contributed by atoms with Gasteiger partial charge in [-0.1, -0.05) is 0 Å². The van der Waals surface area contributed by atoms with Gasteiger partial charge in [-0.2, -0.15) is 26.3 Å². The number of carbonyl (C=O) groups excluding carboxylic acids is 1. The van der Waals surface area contributed by atoms with Crippen LogP contribution < -0.4 is 0 Å². The first-order valence-electron chi connectivity index (χ1n) is 8.11. The van der Waals surface area contributed by atoms with Gasteiger partial charge < -0.3 is 19.7 Å². The van der Waals surface area contributed by atoms with Crippen molar-refractivity contribution in [2.45, 2.75) is 17.2 Å². The number of benzene rings is 2. The number of rotatable bonds is 4. The molecule has 0 spiro atoms. The second kappa shape index (κ2) is 14.6. The third kappa shape index (κ3) is 14.5. The van der Waals surface area contributed by atoms with Gasteiger partial charge in [0.25, 0.3) is 5.69 Å². The molecular weight excluding hydrogens is 597 g/mol. The van der Waals surface area contributed by atoms with Crippen LogP contribution in [0.15, 0.2) is 53.4 Å². The predicted octanol–water partition coefficient (Wildman–Crippen LogP) is 3.38. The number of alkyl halides is 6. The molecule has 0 unspecified atom stereocenters. The minimum atomic E-state index is -4.40. The number of sulfonamides is 1. The molecule has 0 aliphatic rings. The van der Waals surface area contributed by atoms with E-state index in [0.717, 1.165) is 24.3 Å². The molecule has 0 fully saturated rings. The van der Waals surface area contributed by atoms with Crippen LogP contribution in [-0.2, 0) is 30.4 Å². The van der Waals surface area contributed by atoms with Gasteiger partial charge in [-0.05, 0) is 12.1 Å². The first-order chi connectivity index (χ1) is 15.0. The zero-order valence-electron chi connectivity index (χ0n) is 16.4. The summed E-state index contributed by atoms with van der Waals surface area (Å²) in [4.78, 5) is 21.3. The number of hydrogen-bond donors (Lipinski definition) is 2. The van der Waals surface area contributed by atoms with Gasteiger partial charge in [0, 0.05) is 18.0 Å². The molecule has 2 aromatic carbocycles. The van der Waals surface area contributed by atoms with Crippen LogP contribution in [0, 0.1) is 16.2 Å². The zero-order chi connectivity index (χ0) is 25.9. The van der Waals surface area contributed by atoms with E-state index in [-0.39, 0.29) is 36.6 Å². The van der Waals surface area contributed by atoms with Gasteiger partial charge in [-0.15, -0.1) is 35.9 Å². The van der Waals surface area contributed by atoms with Gasteiger partial charge in [0.05, 0.1) is 9.82 Å². The number of nitro benzene ring substituents is 1. The fourth-order valence-corrected chi connectivity index (χ4v) is 2.38. The molecule has 2 rings (SSSR count). The molecular formula is C17H14F6N2O7PdS. The normalized spacial score (nSPS) is 10.9. The van der Waals surface area contributed by atoms with E-state index in [2.05, 4.69) is 10.8 Å². The molecule has 0 saturated heterocycles. The number of nitro groups is 1. The van der Waals surface area contributed by atoms with Crippen LogP contribution >= 0.6 is 0 Å². The number of hydrogen-bond acceptors (Lipinski definition) is 7. The van der Waals surface area contributed by atoms with Crippen LogP contribution in [0.4, 0.5) is 32.0 Å². The van der Waals surface area contributed by atoms with Crippen molar-refractivity contribution in [1.82, 2.24) is 0 Å². The number of aliphatic hydroxyl groups is 2. The second-order valence-corrected chi connectivity index (χ2v) is 7.05. The fraction of sp³-hybridized carbons (Fsp3) is 0.235. The summed E-state index contributed by atoms with van der Waals surface area (Å²) in [7, 11) is -4.22. The molecule has 192 valence electrons. The Bertz CT molecular complexity index is 988. The van der Waals surface area contributed by atoms with E-state index in [4.69, 9.17) is 10.2 Å². The molecule has 0 aromatic heterocycles. The molecule has 0 radical (unpaired) electrons. The van der Waals surface area contributed by atoms with Crippen LogP contribution in [-0.4, -0.2) is 55.0 Å². The summed E-state index contributed by atoms with van der Waals surface area (Å²) in [6.45, 7) is -3.46. The van der Waals surface area contributed by atoms with Crippen LogP contribution in [0.2, 0.25) is 0 Å². The van der Waals surface area contributed by atoms with Gasteiger partial charge in [0.1, 0.15) is 23.2 Å². The van der Waals surface area contributed by atoms with Crippen LogP contribution in [0.3, 0.4) is 0 Å². The largest absolute Gasteiger partial charge is 2.00 e. The van der Waals surface area contributed by atoms with Crippen molar-refractivity contribution in [3.63, 3.8) is 0 Å². The van der Waals surface area contributed by atoms with Crippen molar-refractivity contribution in [1.29, 1.82) is 0 Å². The minimum absolute atomic E-state index is 0. The summed E-state index contributed by atoms with van der Waals surface area (Å²) in [6.07, 6.45) is -8.81. The molecule has 1 amide bonds. The molecule has 0 heterocycles. The average Bonchev–Trinajstić information content (AvgIpc) is 2.74. The van der Waals surface area contributed by atoms with Gasteiger partial charge in [-0.25, -0.2) is 8.42 Å². The summed E-state index contributed by atoms with van der Waals surface area (Å²) in [6, 6.07) is 12.7. The molecule has 0 saturated carbocycles. The molecule has 9 nitrogen and oxygen atoms in total. The molecule has 0 aliphatic carbocycles. The van der Waals surface area contributed by atoms with Crippen molar-refractivity contribution in [3.05, 3.63) is 75.0 Å². The van der Waals surface area contributed by atoms with E-state index < -0.39 is 46.4 Å². The summed E-state index contributed by atoms with van der Waals surface area (Å²) in [5.74, 6) is -0.950. The SMILES string of the molecule is O=C([N-]S(=O)(=O)c1ccc([N+](=O)[O-])cc1)c1[c-]cccc1.OCC(F)(F)F.OCC(F)(F)F.[Pd+2]. The Morgan fingerprint density at radius 1 is 0.971 bits per heavy atom. The summed E-state index contributed by atoms with van der Waals surface area (Å²) >= 11 is 0. The number of aliphatic hydroxyl groups excluding tert-OH is 2. The molecule has 2 aromatic rings. The van der Waals surface area contributed by atoms with Crippen LogP contribution in [0.5, 0.6) is 0 Å². The second-order valence-electron chi connectivity index (χ2n) is 5.45. The quantitative estimate of drug-likeness (QED) is 0.177. The molecule has 34 heavy (non-hydrogen) atoms. The number of halogens is 6. The maximum absolute atomic E-state index is 11.9. The zero-order valence-corrected chi connectivity index (χ0v) is 18.7. The van der Waals surface area contributed by atoms with Gasteiger partial charge in [0.2, 0.25) is 0 Å². The maximum atomic E-state index is 11.9. The Morgan fingerprint density at radius 2 is 1.41 bits per heavy atom. The average molecular weight is 611 g/mol. The van der Waals surface area contributed by atoms with E-state index in [9.17, 15) is 49.7 Å². The molecule has 2 N–H and O–H groups in total. The van der Waals surface area contributed by atoms with Crippen molar-refractivity contribution < 1.29 is 75.1 Å². The molecule has 0 bridgehead atoms. The molecule has 0 aliphatic heterocycles. The first-order valence-corrected chi connectivity index (χ1v) is 9.55. The number of carbonyl (C=O) groups is 1. The first kappa shape index (κ1) is 33.6. The van der Waals surface area contributed by atoms with Gasteiger partial charge in [0.15, 0.2) is 0 Å². The van der Waals surface area contributed by atoms with Crippen molar-refractivity contribution in [3.8, 4) is 0 Å². The van der Waals surface area contributed by atoms with Crippen LogP contribution in [0.25, 0.3) is 4.72 Å². The Labute approximate surface area is 202 Å². The Morgan fingerprint density at radius 3 is 1.74 bits per heavy atom. The fourth-order valence-electron chi connectivity index (χ4n) is 1.48. The van der Waals surface area contributed by atoms with E-state index in [1.807, 2.05) is 0 Å². The third-order valence-corrected chi connectivity index (χ3v) is 4.12. The molecule has 17 heteroatoms. The van der Waals surface area contributed by atoms with E-state index in [1.165, 1.54) is 12.1 Å². The minimum Gasteiger partial charge on any atom is -0.583 e. The predicted molar refractivity (Wildman–Crippen MR) is 99.5 cm³/mol. The monoisotopic (exact) mass is 610 g/mol. The maximum Gasteiger partial charge on any atom is 2.00 e. The van der Waals surface area contributed by atoms with E-state index in [0.29, 0.717) is 0 Å². The third-order valence-electron chi connectivity index (χ3n) is 2.85. The number of amides is 1. The Balaban J connectivity index is 0. The topological polar surface area (TPSA) is 149 Å². The van der Waals surface area contributed by atoms with E-state index >= 15 is 0 Å². The smallest absolute Gasteiger partial charge is 0.583 e. The number of non-ortho nitro benzene ring substituents is 1. The van der Waals surface area contributed by atoms with Gasteiger partial charge in [-0.3, -0.25) is 10.1 Å². The standard InChI is InChI=1S/C13H9N2O5S.2C2H3F3O.Pd/c16-13(10-4-2-1-3-5-10)14-21(19,20)12-8-6-11(7-9-12)15(17)18;2*3-2(4,5)1-6;/h1-4,6-9H,(H,14,16);2*6H,1H2;/q-1;;;+2/p-1. The van der Waals surface area contributed by atoms with Crippen molar-refractivity contribution in [2.24, 2.45) is 0 Å². The summed E-state index contributed by atoms with van der Waals surface area (Å²) in [5.41, 5.74) is -0.236. The summed E-state index contributed by atoms with van der Waals surface area (Å²) in [5, 5.41) is 25.1. The Hall–Kier alpha value is -2.58. The van der Waals surface area contributed by atoms with E-state index in [1.54, 1.807) is 12.1 Å². The number of nitrogens with zero attached hydrogens (tertiary/aromatic N) is 2. The Kier molecular flexibility index (Phi) is 14.5. The van der Waals surface area contributed by atoms with Crippen molar-refractivity contribution in [2.75, 3.05) is 13.2 Å². The van der Waals surface area contributed by atoms with Crippen molar-refractivity contribution >= 4 is 21.6 Å². The van der Waals surface area contributed by atoms with Gasteiger partial charge >= 0.3 is 32.8 Å². The molecule has 0 atom stereocenters. The van der Waals surface area contributed by atoms with Crippen LogP contribution in [0.1, 0.15) is 10.4 Å².